The van der Waals surface area contributed by atoms with Gasteiger partial charge in [0.05, 0.1) is 0 Å². The van der Waals surface area contributed by atoms with E-state index in [9.17, 15) is 14.0 Å². The van der Waals surface area contributed by atoms with Gasteiger partial charge in [-0.15, -0.1) is 0 Å². The van der Waals surface area contributed by atoms with Gasteiger partial charge in [0.2, 0.25) is 0 Å². The maximum atomic E-state index is 13.7. The molecule has 0 radical (unpaired) electrons. The molecule has 0 bridgehead atoms. The minimum absolute atomic E-state index is 0.0568. The summed E-state index contributed by atoms with van der Waals surface area (Å²) in [5.74, 6) is 1.81. The van der Waals surface area contributed by atoms with E-state index in [4.69, 9.17) is 5.73 Å². The van der Waals surface area contributed by atoms with E-state index in [0.29, 0.717) is 29.8 Å². The number of hydrogen-bond acceptors (Lipinski definition) is 7. The molecule has 2 aromatic rings. The number of halogens is 1. The van der Waals surface area contributed by atoms with E-state index in [2.05, 4.69) is 62.4 Å². The summed E-state index contributed by atoms with van der Waals surface area (Å²) in [6.45, 7) is 30.6. The van der Waals surface area contributed by atoms with Gasteiger partial charge in [0, 0.05) is 30.5 Å². The minimum atomic E-state index is -0.476. The van der Waals surface area contributed by atoms with Crippen LogP contribution in [0, 0.1) is 30.5 Å². The lowest BCUT2D eigenvalue weighted by Crippen LogP contribution is -2.37. The maximum Gasteiger partial charge on any atom is 0.253 e. The Balaban J connectivity index is 0. The van der Waals surface area contributed by atoms with Crippen LogP contribution in [-0.2, 0) is 6.54 Å². The molecule has 3 rings (SSSR count). The second-order valence-corrected chi connectivity index (χ2v) is 12.7. The zero-order chi connectivity index (χ0) is 37.1. The lowest BCUT2D eigenvalue weighted by Gasteiger charge is -2.30. The topological polar surface area (TPSA) is 99.5 Å². The highest BCUT2D eigenvalue weighted by Crippen LogP contribution is 2.21. The molecule has 0 spiro atoms. The Hall–Kier alpha value is -2.71. The molecule has 1 saturated heterocycles. The molecular weight excluding hydrogens is 601 g/mol. The van der Waals surface area contributed by atoms with Crippen LogP contribution < -0.4 is 32.5 Å². The molecule has 0 amide bonds. The molecule has 48 heavy (non-hydrogen) atoms. The minimum Gasteiger partial charge on any atom is -0.403 e. The number of anilines is 2. The Bertz CT molecular complexity index is 1170. The first-order chi connectivity index (χ1) is 23.0. The number of allylic oxidation sites excluding steroid dienone is 1. The molecule has 7 nitrogen and oxygen atoms in total. The fraction of sp³-hybridized carbons (Fsp3) is 0.700. The van der Waals surface area contributed by atoms with Crippen LogP contribution in [0.15, 0.2) is 39.7 Å². The molecular formula is C40H74FN5O2. The van der Waals surface area contributed by atoms with Gasteiger partial charge in [0.25, 0.3) is 10.9 Å². The Morgan fingerprint density at radius 2 is 1.50 bits per heavy atom. The summed E-state index contributed by atoms with van der Waals surface area (Å²) in [5.41, 5.74) is 8.07. The van der Waals surface area contributed by atoms with E-state index in [0.717, 1.165) is 74.7 Å². The normalized spacial score (nSPS) is 14.5. The van der Waals surface area contributed by atoms with Crippen molar-refractivity contribution in [2.75, 3.05) is 43.4 Å². The van der Waals surface area contributed by atoms with Gasteiger partial charge in [0.1, 0.15) is 17.2 Å². The average molecular weight is 676 g/mol. The summed E-state index contributed by atoms with van der Waals surface area (Å²) < 4.78 is 13.7. The van der Waals surface area contributed by atoms with Crippen molar-refractivity contribution < 1.29 is 4.39 Å². The van der Waals surface area contributed by atoms with Gasteiger partial charge >= 0.3 is 0 Å². The van der Waals surface area contributed by atoms with Crippen molar-refractivity contribution >= 4 is 11.4 Å². The molecule has 0 aliphatic carbocycles. The van der Waals surface area contributed by atoms with E-state index < -0.39 is 10.9 Å². The van der Waals surface area contributed by atoms with Gasteiger partial charge in [-0.05, 0) is 88.2 Å². The lowest BCUT2D eigenvalue weighted by atomic mass is 9.99. The molecule has 1 heterocycles. The molecule has 2 aromatic carbocycles. The number of aryl methyl sites for hydroxylation is 1. The standard InChI is InChI=1S/C18H32N4O2.C14H20FN.C4H10.2C2H6/c1-5-7-21-15-16(18(24)17(15)23)22-14(9-19)8-13(4)11-20-10-12(3)6-2;1-11-5-7-16(8-6-11)10-13-4-3-12(2)9-14(13)15;1-3-4-2;2*1-2/h9,12-13,20-22H,5-8,10-11,19H2,1-4H3;3-4,9,11H,5-8,10H2,1-2H3;3-4H2,1-2H3;2*1-2H3/b14-9+;;;;. The van der Waals surface area contributed by atoms with Crippen LogP contribution in [0.2, 0.25) is 0 Å². The van der Waals surface area contributed by atoms with E-state index in [1.807, 2.05) is 53.7 Å². The van der Waals surface area contributed by atoms with Gasteiger partial charge in [-0.25, -0.2) is 4.39 Å². The number of hydrogen-bond donors (Lipinski definition) is 4. The fourth-order valence-corrected chi connectivity index (χ4v) is 4.66. The molecule has 2 atom stereocenters. The van der Waals surface area contributed by atoms with Crippen LogP contribution in [0.4, 0.5) is 15.8 Å². The first-order valence-corrected chi connectivity index (χ1v) is 18.9. The second kappa shape index (κ2) is 29.2. The predicted molar refractivity (Wildman–Crippen MR) is 210 cm³/mol. The number of rotatable bonds is 15. The van der Waals surface area contributed by atoms with Gasteiger partial charge in [-0.1, -0.05) is 108 Å². The molecule has 0 aromatic heterocycles. The summed E-state index contributed by atoms with van der Waals surface area (Å²) in [5, 5.41) is 9.50. The summed E-state index contributed by atoms with van der Waals surface area (Å²) in [7, 11) is 0. The number of nitrogens with one attached hydrogen (secondary N) is 3. The van der Waals surface area contributed by atoms with Crippen molar-refractivity contribution in [3.05, 3.63) is 67.5 Å². The molecule has 1 aliphatic heterocycles. The summed E-state index contributed by atoms with van der Waals surface area (Å²) in [6, 6.07) is 5.54. The molecule has 2 unspecified atom stereocenters. The maximum absolute atomic E-state index is 13.7. The summed E-state index contributed by atoms with van der Waals surface area (Å²) in [6.07, 6.45) is 9.37. The highest BCUT2D eigenvalue weighted by atomic mass is 19.1. The summed E-state index contributed by atoms with van der Waals surface area (Å²) >= 11 is 0. The van der Waals surface area contributed by atoms with E-state index in [-0.39, 0.29) is 5.82 Å². The van der Waals surface area contributed by atoms with Gasteiger partial charge in [-0.2, -0.15) is 0 Å². The zero-order valence-corrected chi connectivity index (χ0v) is 33.0. The van der Waals surface area contributed by atoms with Crippen LogP contribution in [-0.4, -0.2) is 37.6 Å². The van der Waals surface area contributed by atoms with Crippen molar-refractivity contribution in [3.63, 3.8) is 0 Å². The molecule has 278 valence electrons. The Morgan fingerprint density at radius 3 is 2.00 bits per heavy atom. The van der Waals surface area contributed by atoms with Crippen LogP contribution in [0.3, 0.4) is 0 Å². The third-order valence-corrected chi connectivity index (χ3v) is 8.18. The van der Waals surface area contributed by atoms with Gasteiger partial charge in [0.15, 0.2) is 0 Å². The molecule has 8 heteroatoms. The molecule has 0 saturated carbocycles. The van der Waals surface area contributed by atoms with Crippen molar-refractivity contribution in [1.29, 1.82) is 0 Å². The van der Waals surface area contributed by atoms with Gasteiger partial charge in [-0.3, -0.25) is 14.5 Å². The zero-order valence-electron chi connectivity index (χ0n) is 33.0. The first kappa shape index (κ1) is 47.4. The number of nitrogens with zero attached hydrogens (tertiary/aromatic N) is 1. The van der Waals surface area contributed by atoms with Crippen LogP contribution in [0.5, 0.6) is 0 Å². The third kappa shape index (κ3) is 19.3. The van der Waals surface area contributed by atoms with Crippen molar-refractivity contribution in [3.8, 4) is 0 Å². The van der Waals surface area contributed by atoms with E-state index in [1.165, 1.54) is 31.9 Å². The van der Waals surface area contributed by atoms with Crippen molar-refractivity contribution in [2.24, 2.45) is 23.5 Å². The highest BCUT2D eigenvalue weighted by Gasteiger charge is 2.21. The van der Waals surface area contributed by atoms with Crippen LogP contribution in [0.1, 0.15) is 132 Å². The number of piperidine rings is 1. The predicted octanol–water partition coefficient (Wildman–Crippen LogP) is 9.20. The highest BCUT2D eigenvalue weighted by molar-refractivity contribution is 5.75. The number of likely N-dealkylation sites (tertiary alicyclic amines) is 1. The van der Waals surface area contributed by atoms with E-state index in [1.54, 1.807) is 6.07 Å². The first-order valence-electron chi connectivity index (χ1n) is 18.9. The molecule has 1 aliphatic rings. The fourth-order valence-electron chi connectivity index (χ4n) is 4.66. The van der Waals surface area contributed by atoms with Crippen molar-refractivity contribution in [2.45, 2.75) is 135 Å². The van der Waals surface area contributed by atoms with Gasteiger partial charge < -0.3 is 21.7 Å². The van der Waals surface area contributed by atoms with Crippen LogP contribution in [0.25, 0.3) is 0 Å². The largest absolute Gasteiger partial charge is 0.403 e. The average Bonchev–Trinajstić information content (AvgIpc) is 3.11. The second-order valence-electron chi connectivity index (χ2n) is 12.7. The SMILES string of the molecule is CC.CC.CCCC.CCCNc1c(N/C(=C/N)CC(C)CNCC(C)CC)c(=O)c1=O.Cc1ccc(CN2CCC(C)CC2)c(F)c1. The van der Waals surface area contributed by atoms with Crippen molar-refractivity contribution in [1.82, 2.24) is 10.2 Å². The summed E-state index contributed by atoms with van der Waals surface area (Å²) in [4.78, 5) is 25.7. The Morgan fingerprint density at radius 1 is 0.938 bits per heavy atom. The Labute approximate surface area is 294 Å². The number of benzene rings is 1. The van der Waals surface area contributed by atoms with Crippen LogP contribution >= 0.6 is 0 Å². The smallest absolute Gasteiger partial charge is 0.253 e. The third-order valence-electron chi connectivity index (χ3n) is 8.18. The quantitative estimate of drug-likeness (QED) is 0.140. The Kier molecular flexibility index (Phi) is 28.9. The van der Waals surface area contributed by atoms with E-state index >= 15 is 0 Å². The lowest BCUT2D eigenvalue weighted by molar-refractivity contribution is 0.183. The monoisotopic (exact) mass is 676 g/mol. The number of nitrogens with two attached hydrogens (primary N) is 1. The molecule has 1 fully saturated rings. The molecule has 5 N–H and O–H groups in total. The number of unbranched alkanes of at least 4 members (excludes halogenated alkanes) is 1.